The Morgan fingerprint density at radius 2 is 1.09 bits per heavy atom. The first-order chi connectivity index (χ1) is 16.3. The highest BCUT2D eigenvalue weighted by atomic mass is 35.5. The molecule has 0 spiro atoms. The highest BCUT2D eigenvalue weighted by molar-refractivity contribution is 7.80. The minimum Gasteiger partial charge on any atom is -0.294 e. The Morgan fingerprint density at radius 3 is 1.44 bits per heavy atom. The molecule has 0 atom stereocenters. The third kappa shape index (κ3) is 8.79. The zero-order valence-corrected chi connectivity index (χ0v) is 22.2. The van der Waals surface area contributed by atoms with Crippen molar-refractivity contribution in [2.75, 3.05) is 26.2 Å². The minimum atomic E-state index is 0.370. The van der Waals surface area contributed by atoms with Crippen LogP contribution in [-0.2, 0) is 0 Å². The van der Waals surface area contributed by atoms with Crippen molar-refractivity contribution in [1.82, 2.24) is 31.7 Å². The fourth-order valence-electron chi connectivity index (χ4n) is 2.80. The van der Waals surface area contributed by atoms with Crippen molar-refractivity contribution < 1.29 is 0 Å². The average molecular weight is 578 g/mol. The second-order valence-corrected chi connectivity index (χ2v) is 9.43. The van der Waals surface area contributed by atoms with Crippen LogP contribution in [0.1, 0.15) is 11.1 Å². The van der Waals surface area contributed by atoms with E-state index in [1.807, 2.05) is 10.0 Å². The molecule has 1 aliphatic heterocycles. The van der Waals surface area contributed by atoms with Gasteiger partial charge in [0, 0.05) is 47.4 Å². The SMILES string of the molecule is S=C(NN=Cc1ccc(Cl)cc1Cl)NN1CCN(NC(=S)N/N=C\c2ccc(Cl)cc2Cl)CC1. The van der Waals surface area contributed by atoms with Crippen LogP contribution in [0.25, 0.3) is 0 Å². The summed E-state index contributed by atoms with van der Waals surface area (Å²) in [6.45, 7) is 2.81. The fourth-order valence-corrected chi connectivity index (χ4v) is 4.08. The number of halogens is 4. The lowest BCUT2D eigenvalue weighted by atomic mass is 10.2. The molecule has 2 aromatic carbocycles. The molecule has 2 aromatic rings. The van der Waals surface area contributed by atoms with E-state index in [-0.39, 0.29) is 0 Å². The van der Waals surface area contributed by atoms with E-state index in [1.165, 1.54) is 0 Å². The van der Waals surface area contributed by atoms with Crippen LogP contribution in [0.15, 0.2) is 46.6 Å². The number of hydrazine groups is 2. The lowest BCUT2D eigenvalue weighted by Crippen LogP contribution is -2.59. The average Bonchev–Trinajstić information content (AvgIpc) is 2.78. The molecule has 0 aliphatic carbocycles. The molecule has 3 rings (SSSR count). The Labute approximate surface area is 228 Å². The molecule has 0 radical (unpaired) electrons. The molecule has 14 heteroatoms. The fraction of sp³-hybridized carbons (Fsp3) is 0.200. The number of nitrogens with zero attached hydrogens (tertiary/aromatic N) is 4. The van der Waals surface area contributed by atoms with Gasteiger partial charge in [0.1, 0.15) is 0 Å². The van der Waals surface area contributed by atoms with Crippen LogP contribution in [0.3, 0.4) is 0 Å². The first kappa shape index (κ1) is 26.8. The molecule has 1 aliphatic rings. The van der Waals surface area contributed by atoms with E-state index in [2.05, 4.69) is 31.9 Å². The maximum absolute atomic E-state index is 6.12. The van der Waals surface area contributed by atoms with E-state index < -0.39 is 0 Å². The lowest BCUT2D eigenvalue weighted by Gasteiger charge is -2.35. The monoisotopic (exact) mass is 576 g/mol. The molecule has 0 aromatic heterocycles. The van der Waals surface area contributed by atoms with Crippen molar-refractivity contribution in [3.05, 3.63) is 67.6 Å². The normalized spacial score (nSPS) is 14.9. The maximum Gasteiger partial charge on any atom is 0.201 e. The van der Waals surface area contributed by atoms with Crippen molar-refractivity contribution in [1.29, 1.82) is 0 Å². The summed E-state index contributed by atoms with van der Waals surface area (Å²) in [7, 11) is 0. The third-order valence-corrected chi connectivity index (χ3v) is 5.95. The van der Waals surface area contributed by atoms with Crippen LogP contribution >= 0.6 is 70.8 Å². The van der Waals surface area contributed by atoms with E-state index >= 15 is 0 Å². The van der Waals surface area contributed by atoms with E-state index in [0.717, 1.165) is 11.1 Å². The van der Waals surface area contributed by atoms with Crippen LogP contribution in [0.2, 0.25) is 20.1 Å². The summed E-state index contributed by atoms with van der Waals surface area (Å²) in [5, 5.41) is 15.0. The van der Waals surface area contributed by atoms with Crippen molar-refractivity contribution in [2.45, 2.75) is 0 Å². The van der Waals surface area contributed by atoms with Gasteiger partial charge in [0.15, 0.2) is 0 Å². The Kier molecular flexibility index (Phi) is 10.5. The predicted octanol–water partition coefficient (Wildman–Crippen LogP) is 4.04. The topological polar surface area (TPSA) is 79.3 Å². The number of hydrogen-bond donors (Lipinski definition) is 4. The van der Waals surface area contributed by atoms with Crippen molar-refractivity contribution in [3.8, 4) is 0 Å². The third-order valence-electron chi connectivity index (χ3n) is 4.46. The van der Waals surface area contributed by atoms with Gasteiger partial charge in [-0.2, -0.15) is 10.2 Å². The zero-order valence-electron chi connectivity index (χ0n) is 17.6. The van der Waals surface area contributed by atoms with E-state index in [1.54, 1.807) is 48.8 Å². The molecule has 1 fully saturated rings. The number of benzene rings is 2. The van der Waals surface area contributed by atoms with Crippen LogP contribution in [0.5, 0.6) is 0 Å². The van der Waals surface area contributed by atoms with Crippen LogP contribution < -0.4 is 21.7 Å². The van der Waals surface area contributed by atoms with Gasteiger partial charge in [0.05, 0.1) is 22.5 Å². The molecule has 0 amide bonds. The summed E-state index contributed by atoms with van der Waals surface area (Å²) in [5.41, 5.74) is 13.2. The minimum absolute atomic E-state index is 0.370. The lowest BCUT2D eigenvalue weighted by molar-refractivity contribution is 0.0936. The summed E-state index contributed by atoms with van der Waals surface area (Å²) in [4.78, 5) is 0. The van der Waals surface area contributed by atoms with Gasteiger partial charge in [-0.15, -0.1) is 0 Å². The molecule has 34 heavy (non-hydrogen) atoms. The summed E-state index contributed by atoms with van der Waals surface area (Å²) in [6, 6.07) is 10.3. The largest absolute Gasteiger partial charge is 0.294 e. The molecule has 8 nitrogen and oxygen atoms in total. The summed E-state index contributed by atoms with van der Waals surface area (Å²) < 4.78 is 0. The van der Waals surface area contributed by atoms with Crippen LogP contribution in [0, 0.1) is 0 Å². The van der Waals surface area contributed by atoms with Gasteiger partial charge >= 0.3 is 0 Å². The van der Waals surface area contributed by atoms with Gasteiger partial charge in [0.2, 0.25) is 10.2 Å². The molecule has 1 saturated heterocycles. The molecular weight excluding hydrogens is 558 g/mol. The van der Waals surface area contributed by atoms with Crippen molar-refractivity contribution >= 4 is 93.5 Å². The Balaban J connectivity index is 1.35. The number of hydrogen-bond acceptors (Lipinski definition) is 6. The maximum atomic E-state index is 6.12. The van der Waals surface area contributed by atoms with Crippen LogP contribution in [0.4, 0.5) is 0 Å². The van der Waals surface area contributed by atoms with Gasteiger partial charge in [0.25, 0.3) is 0 Å². The van der Waals surface area contributed by atoms with E-state index in [4.69, 9.17) is 70.8 Å². The summed E-state index contributed by atoms with van der Waals surface area (Å²) in [6.07, 6.45) is 3.15. The molecule has 0 bridgehead atoms. The van der Waals surface area contributed by atoms with Gasteiger partial charge in [-0.05, 0) is 48.7 Å². The van der Waals surface area contributed by atoms with E-state index in [0.29, 0.717) is 56.5 Å². The number of piperazine rings is 1. The molecule has 180 valence electrons. The Bertz CT molecular complexity index is 1000. The number of thiocarbonyl (C=S) groups is 2. The van der Waals surface area contributed by atoms with Gasteiger partial charge < -0.3 is 0 Å². The molecule has 4 N–H and O–H groups in total. The zero-order chi connectivity index (χ0) is 24.5. The highest BCUT2D eigenvalue weighted by Crippen LogP contribution is 2.20. The molecule has 0 saturated carbocycles. The van der Waals surface area contributed by atoms with Crippen LogP contribution in [-0.4, -0.2) is 58.9 Å². The Hall–Kier alpha value is -1.76. The van der Waals surface area contributed by atoms with Gasteiger partial charge in [-0.1, -0.05) is 58.5 Å². The molecular formula is C20H20Cl4N8S2. The quantitative estimate of drug-likeness (QED) is 0.233. The van der Waals surface area contributed by atoms with Crippen molar-refractivity contribution in [3.63, 3.8) is 0 Å². The number of rotatable bonds is 6. The first-order valence-electron chi connectivity index (χ1n) is 9.89. The predicted molar refractivity (Wildman–Crippen MR) is 149 cm³/mol. The van der Waals surface area contributed by atoms with E-state index in [9.17, 15) is 0 Å². The highest BCUT2D eigenvalue weighted by Gasteiger charge is 2.17. The standard InChI is InChI=1S/C20H20Cl4N8S2/c21-15-3-1-13(17(23)9-15)11-25-27-19(33)29-31-5-7-32(8-6-31)30-20(34)28-26-12-14-2-4-16(22)10-18(14)24/h1-4,9-12H,5-8H2,(H2,27,29,33)(H2,28,30,34)/b25-11-,26-12?. The Morgan fingerprint density at radius 1 is 0.706 bits per heavy atom. The van der Waals surface area contributed by atoms with Crippen molar-refractivity contribution in [2.24, 2.45) is 10.2 Å². The molecule has 1 heterocycles. The number of nitrogens with one attached hydrogen (secondary N) is 4. The second-order valence-electron chi connectivity index (χ2n) is 6.93. The second kappa shape index (κ2) is 13.4. The summed E-state index contributed by atoms with van der Waals surface area (Å²) >= 11 is 34.6. The molecule has 0 unspecified atom stereocenters. The first-order valence-corrected chi connectivity index (χ1v) is 12.2. The van der Waals surface area contributed by atoms with Gasteiger partial charge in [-0.3, -0.25) is 21.7 Å². The van der Waals surface area contributed by atoms with Gasteiger partial charge in [-0.25, -0.2) is 10.0 Å². The number of hydrazone groups is 2. The summed E-state index contributed by atoms with van der Waals surface area (Å²) in [5.74, 6) is 0. The smallest absolute Gasteiger partial charge is 0.201 e.